The molecule has 1 heterocycles. The maximum Gasteiger partial charge on any atom is 0.337 e. The van der Waals surface area contributed by atoms with Gasteiger partial charge in [0.1, 0.15) is 0 Å². The number of carbonyl (C=O) groups is 1. The minimum Gasteiger partial charge on any atom is -0.465 e. The highest BCUT2D eigenvalue weighted by atomic mass is 79.9. The third-order valence-electron chi connectivity index (χ3n) is 3.27. The highest BCUT2D eigenvalue weighted by Crippen LogP contribution is 2.26. The summed E-state index contributed by atoms with van der Waals surface area (Å²) in [5.74, 6) is -0.501. The first kappa shape index (κ1) is 19.4. The zero-order chi connectivity index (χ0) is 15.5. The van der Waals surface area contributed by atoms with Crippen molar-refractivity contribution < 1.29 is 17.9 Å². The first-order chi connectivity index (χ1) is 9.96. The fraction of sp³-hybridized carbons (Fsp3) is 0.462. The van der Waals surface area contributed by atoms with Gasteiger partial charge in [0, 0.05) is 24.1 Å². The molecular formula is C13H18BrClN2O4S. The highest BCUT2D eigenvalue weighted by Gasteiger charge is 2.27. The van der Waals surface area contributed by atoms with E-state index in [1.54, 1.807) is 0 Å². The van der Waals surface area contributed by atoms with Crippen LogP contribution in [0.4, 0.5) is 0 Å². The summed E-state index contributed by atoms with van der Waals surface area (Å²) in [6.07, 6.45) is 0.775. The summed E-state index contributed by atoms with van der Waals surface area (Å²) in [6, 6.07) is 4.36. The van der Waals surface area contributed by atoms with Crippen LogP contribution in [-0.2, 0) is 14.8 Å². The Balaban J connectivity index is 0.00000242. The lowest BCUT2D eigenvalue weighted by molar-refractivity contribution is 0.0600. The van der Waals surface area contributed by atoms with Crippen molar-refractivity contribution in [3.05, 3.63) is 28.2 Å². The lowest BCUT2D eigenvalue weighted by Gasteiger charge is -2.20. The summed E-state index contributed by atoms with van der Waals surface area (Å²) in [5.41, 5.74) is 0.306. The Morgan fingerprint density at radius 2 is 2.05 bits per heavy atom. The molecule has 1 saturated heterocycles. The van der Waals surface area contributed by atoms with Gasteiger partial charge in [0.25, 0.3) is 0 Å². The molecule has 1 aromatic rings. The SMILES string of the molecule is COC(=O)c1ccc(S(=O)(=O)N2CCCNCC2)c(Br)c1.Cl. The third kappa shape index (κ3) is 4.20. The number of nitrogens with zero attached hydrogens (tertiary/aromatic N) is 1. The molecule has 0 radical (unpaired) electrons. The number of methoxy groups -OCH3 is 1. The van der Waals surface area contributed by atoms with E-state index in [1.165, 1.54) is 29.6 Å². The van der Waals surface area contributed by atoms with Crippen LogP contribution >= 0.6 is 28.3 Å². The molecule has 22 heavy (non-hydrogen) atoms. The van der Waals surface area contributed by atoms with Gasteiger partial charge in [0.05, 0.1) is 17.6 Å². The van der Waals surface area contributed by atoms with Gasteiger partial charge in [0.15, 0.2) is 0 Å². The summed E-state index contributed by atoms with van der Waals surface area (Å²) in [6.45, 7) is 2.37. The summed E-state index contributed by atoms with van der Waals surface area (Å²) in [4.78, 5) is 11.6. The first-order valence-electron chi connectivity index (χ1n) is 6.55. The molecule has 0 atom stereocenters. The lowest BCUT2D eigenvalue weighted by Crippen LogP contribution is -2.34. The van der Waals surface area contributed by atoms with Crippen molar-refractivity contribution in [3.63, 3.8) is 0 Å². The number of esters is 1. The predicted molar refractivity (Wildman–Crippen MR) is 89.0 cm³/mol. The van der Waals surface area contributed by atoms with Gasteiger partial charge in [-0.2, -0.15) is 4.31 Å². The van der Waals surface area contributed by atoms with Gasteiger partial charge in [-0.1, -0.05) is 0 Å². The molecule has 0 saturated carbocycles. The molecule has 1 fully saturated rings. The molecule has 1 aliphatic rings. The van der Waals surface area contributed by atoms with Gasteiger partial charge in [-0.05, 0) is 47.1 Å². The zero-order valence-electron chi connectivity index (χ0n) is 12.0. The molecule has 1 aliphatic heterocycles. The van der Waals surface area contributed by atoms with Crippen LogP contribution in [-0.4, -0.2) is 52.0 Å². The Morgan fingerprint density at radius 1 is 1.32 bits per heavy atom. The number of benzene rings is 1. The van der Waals surface area contributed by atoms with Gasteiger partial charge in [-0.15, -0.1) is 12.4 Å². The Kier molecular flexibility index (Phi) is 7.27. The van der Waals surface area contributed by atoms with Crippen molar-refractivity contribution in [2.45, 2.75) is 11.3 Å². The summed E-state index contributed by atoms with van der Waals surface area (Å²) >= 11 is 3.24. The van der Waals surface area contributed by atoms with E-state index >= 15 is 0 Å². The maximum absolute atomic E-state index is 12.7. The fourth-order valence-corrected chi connectivity index (χ4v) is 4.67. The number of rotatable bonds is 3. The van der Waals surface area contributed by atoms with Crippen molar-refractivity contribution in [3.8, 4) is 0 Å². The van der Waals surface area contributed by atoms with Gasteiger partial charge in [-0.25, -0.2) is 13.2 Å². The number of hydrogen-bond donors (Lipinski definition) is 1. The Morgan fingerprint density at radius 3 is 2.68 bits per heavy atom. The quantitative estimate of drug-likeness (QED) is 0.763. The van der Waals surface area contributed by atoms with Crippen molar-refractivity contribution in [2.24, 2.45) is 0 Å². The smallest absolute Gasteiger partial charge is 0.337 e. The molecule has 0 unspecified atom stereocenters. The van der Waals surface area contributed by atoms with E-state index in [4.69, 9.17) is 0 Å². The average Bonchev–Trinajstić information content (AvgIpc) is 2.75. The van der Waals surface area contributed by atoms with E-state index in [-0.39, 0.29) is 17.3 Å². The van der Waals surface area contributed by atoms with E-state index in [2.05, 4.69) is 26.0 Å². The number of hydrogen-bond acceptors (Lipinski definition) is 5. The summed E-state index contributed by atoms with van der Waals surface area (Å²) in [5, 5.41) is 3.17. The van der Waals surface area contributed by atoms with E-state index in [0.29, 0.717) is 29.7 Å². The number of nitrogens with one attached hydrogen (secondary N) is 1. The zero-order valence-corrected chi connectivity index (χ0v) is 15.3. The Bertz CT molecular complexity index is 631. The van der Waals surface area contributed by atoms with Crippen LogP contribution in [0.15, 0.2) is 27.6 Å². The third-order valence-corrected chi connectivity index (χ3v) is 6.15. The van der Waals surface area contributed by atoms with Gasteiger partial charge in [-0.3, -0.25) is 0 Å². The number of ether oxygens (including phenoxy) is 1. The standard InChI is InChI=1S/C13H17BrN2O4S.ClH/c1-20-13(17)10-3-4-12(11(14)9-10)21(18,19)16-7-2-5-15-6-8-16;/h3-4,9,15H,2,5-8H2,1H3;1H. The number of halogens is 2. The molecule has 0 bridgehead atoms. The van der Waals surface area contributed by atoms with Crippen molar-refractivity contribution in [2.75, 3.05) is 33.3 Å². The second-order valence-electron chi connectivity index (χ2n) is 4.64. The van der Waals surface area contributed by atoms with E-state index in [0.717, 1.165) is 13.0 Å². The van der Waals surface area contributed by atoms with Crippen LogP contribution in [0.3, 0.4) is 0 Å². The second kappa shape index (κ2) is 8.26. The van der Waals surface area contributed by atoms with Gasteiger partial charge < -0.3 is 10.1 Å². The second-order valence-corrected chi connectivity index (χ2v) is 7.41. The van der Waals surface area contributed by atoms with Crippen LogP contribution in [0, 0.1) is 0 Å². The van der Waals surface area contributed by atoms with Crippen molar-refractivity contribution in [1.29, 1.82) is 0 Å². The summed E-state index contributed by atoms with van der Waals surface area (Å²) in [7, 11) is -2.29. The van der Waals surface area contributed by atoms with Crippen LogP contribution in [0.1, 0.15) is 16.8 Å². The summed E-state index contributed by atoms with van der Waals surface area (Å²) < 4.78 is 31.8. The maximum atomic E-state index is 12.7. The normalized spacial score (nSPS) is 16.5. The molecule has 1 aromatic carbocycles. The van der Waals surface area contributed by atoms with Gasteiger partial charge in [0.2, 0.25) is 10.0 Å². The topological polar surface area (TPSA) is 75.7 Å². The molecule has 0 aliphatic carbocycles. The monoisotopic (exact) mass is 412 g/mol. The molecule has 1 N–H and O–H groups in total. The number of carbonyl (C=O) groups excluding carboxylic acids is 1. The Labute approximate surface area is 144 Å². The molecule has 9 heteroatoms. The lowest BCUT2D eigenvalue weighted by atomic mass is 10.2. The molecular weight excluding hydrogens is 396 g/mol. The molecule has 0 amide bonds. The van der Waals surface area contributed by atoms with Crippen molar-refractivity contribution in [1.82, 2.24) is 9.62 Å². The number of sulfonamides is 1. The van der Waals surface area contributed by atoms with E-state index in [1.807, 2.05) is 0 Å². The van der Waals surface area contributed by atoms with Crippen LogP contribution in [0.5, 0.6) is 0 Å². The molecule has 0 aromatic heterocycles. The predicted octanol–water partition coefficient (Wildman–Crippen LogP) is 1.64. The molecule has 0 spiro atoms. The van der Waals surface area contributed by atoms with Crippen LogP contribution in [0.2, 0.25) is 0 Å². The fourth-order valence-electron chi connectivity index (χ4n) is 2.16. The molecule has 6 nitrogen and oxygen atoms in total. The Hall–Kier alpha value is -0.670. The average molecular weight is 414 g/mol. The highest BCUT2D eigenvalue weighted by molar-refractivity contribution is 9.10. The van der Waals surface area contributed by atoms with Crippen molar-refractivity contribution >= 4 is 44.3 Å². The van der Waals surface area contributed by atoms with E-state index < -0.39 is 16.0 Å². The molecule has 2 rings (SSSR count). The van der Waals surface area contributed by atoms with Gasteiger partial charge >= 0.3 is 5.97 Å². The van der Waals surface area contributed by atoms with Crippen LogP contribution in [0.25, 0.3) is 0 Å². The van der Waals surface area contributed by atoms with E-state index in [9.17, 15) is 13.2 Å². The minimum atomic E-state index is -3.57. The first-order valence-corrected chi connectivity index (χ1v) is 8.79. The minimum absolute atomic E-state index is 0. The largest absolute Gasteiger partial charge is 0.465 e. The molecule has 124 valence electrons. The van der Waals surface area contributed by atoms with Crippen LogP contribution < -0.4 is 5.32 Å².